The maximum Gasteiger partial charge on any atom is 0.225 e. The average molecular weight is 201 g/mol. The van der Waals surface area contributed by atoms with Crippen molar-refractivity contribution in [2.24, 2.45) is 0 Å². The van der Waals surface area contributed by atoms with Crippen molar-refractivity contribution >= 4 is 11.6 Å². The number of methoxy groups -OCH3 is 1. The van der Waals surface area contributed by atoms with Gasteiger partial charge in [0.1, 0.15) is 0 Å². The van der Waals surface area contributed by atoms with Crippen LogP contribution in [-0.2, 0) is 17.8 Å². The van der Waals surface area contributed by atoms with Crippen molar-refractivity contribution < 1.29 is 9.47 Å². The first-order valence-electron chi connectivity index (χ1n) is 3.98. The van der Waals surface area contributed by atoms with E-state index in [1.165, 1.54) is 0 Å². The molecule has 0 saturated heterocycles. The Balaban J connectivity index is 2.50. The van der Waals surface area contributed by atoms with Crippen LogP contribution in [0, 0.1) is 0 Å². The second-order valence-electron chi connectivity index (χ2n) is 2.73. The van der Waals surface area contributed by atoms with E-state index in [9.17, 15) is 0 Å². The van der Waals surface area contributed by atoms with E-state index in [1.54, 1.807) is 7.11 Å². The molecule has 1 aliphatic rings. The van der Waals surface area contributed by atoms with E-state index in [-0.39, 0.29) is 5.28 Å². The van der Waals surface area contributed by atoms with E-state index in [0.29, 0.717) is 19.1 Å². The van der Waals surface area contributed by atoms with Crippen molar-refractivity contribution in [2.45, 2.75) is 13.0 Å². The van der Waals surface area contributed by atoms with Crippen molar-refractivity contribution in [3.8, 4) is 5.88 Å². The van der Waals surface area contributed by atoms with Gasteiger partial charge in [-0.3, -0.25) is 0 Å². The average Bonchev–Trinajstić information content (AvgIpc) is 2.16. The minimum absolute atomic E-state index is 0.234. The molecule has 0 N–H and O–H groups in total. The van der Waals surface area contributed by atoms with Crippen molar-refractivity contribution in [3.05, 3.63) is 16.5 Å². The highest BCUT2D eigenvalue weighted by Gasteiger charge is 2.17. The van der Waals surface area contributed by atoms with Crippen LogP contribution in [0.3, 0.4) is 0 Å². The van der Waals surface area contributed by atoms with Gasteiger partial charge in [-0.25, -0.2) is 4.98 Å². The second kappa shape index (κ2) is 3.47. The topological polar surface area (TPSA) is 44.2 Å². The lowest BCUT2D eigenvalue weighted by atomic mass is 10.1. The van der Waals surface area contributed by atoms with Gasteiger partial charge in [-0.2, -0.15) is 4.98 Å². The number of nitrogens with zero attached hydrogens (tertiary/aromatic N) is 2. The van der Waals surface area contributed by atoms with Crippen LogP contribution in [-0.4, -0.2) is 23.7 Å². The minimum Gasteiger partial charge on any atom is -0.481 e. The summed E-state index contributed by atoms with van der Waals surface area (Å²) in [6.45, 7) is 1.19. The third-order valence-electron chi connectivity index (χ3n) is 1.95. The first-order chi connectivity index (χ1) is 6.31. The number of rotatable bonds is 1. The maximum atomic E-state index is 5.72. The first-order valence-corrected chi connectivity index (χ1v) is 4.36. The minimum atomic E-state index is 0.234. The van der Waals surface area contributed by atoms with Crippen LogP contribution in [0.4, 0.5) is 0 Å². The van der Waals surface area contributed by atoms with E-state index < -0.39 is 0 Å². The molecule has 0 saturated carbocycles. The number of fused-ring (bicyclic) bond motifs is 1. The van der Waals surface area contributed by atoms with Crippen molar-refractivity contribution in [3.63, 3.8) is 0 Å². The standard InChI is InChI=1S/C8H9ClN2O2/c1-12-7-5-4-13-3-2-6(5)10-8(9)11-7/h2-4H2,1H3. The Hall–Kier alpha value is -0.870. The molecule has 0 amide bonds. The number of aromatic nitrogens is 2. The van der Waals surface area contributed by atoms with Crippen LogP contribution in [0.15, 0.2) is 0 Å². The molecule has 13 heavy (non-hydrogen) atoms. The third kappa shape index (κ3) is 1.59. The first kappa shape index (κ1) is 8.72. The molecule has 0 spiro atoms. The fourth-order valence-electron chi connectivity index (χ4n) is 1.34. The van der Waals surface area contributed by atoms with Crippen LogP contribution >= 0.6 is 11.6 Å². The summed E-state index contributed by atoms with van der Waals surface area (Å²) in [4.78, 5) is 8.07. The number of ether oxygens (including phenoxy) is 2. The SMILES string of the molecule is COc1nc(Cl)nc2c1COCC2. The zero-order valence-corrected chi connectivity index (χ0v) is 7.97. The van der Waals surface area contributed by atoms with E-state index in [4.69, 9.17) is 21.1 Å². The van der Waals surface area contributed by atoms with Crippen molar-refractivity contribution in [1.29, 1.82) is 0 Å². The highest BCUT2D eigenvalue weighted by Crippen LogP contribution is 2.24. The molecule has 1 aromatic heterocycles. The fraction of sp³-hybridized carbons (Fsp3) is 0.500. The zero-order chi connectivity index (χ0) is 9.26. The van der Waals surface area contributed by atoms with E-state index in [2.05, 4.69) is 9.97 Å². The van der Waals surface area contributed by atoms with Crippen LogP contribution in [0.25, 0.3) is 0 Å². The molecule has 2 rings (SSSR count). The molecule has 2 heterocycles. The molecule has 1 aliphatic heterocycles. The van der Waals surface area contributed by atoms with E-state index in [1.807, 2.05) is 0 Å². The Labute approximate surface area is 80.9 Å². The molecule has 4 nitrogen and oxygen atoms in total. The summed E-state index contributed by atoms with van der Waals surface area (Å²) in [7, 11) is 1.56. The summed E-state index contributed by atoms with van der Waals surface area (Å²) in [6, 6.07) is 0. The van der Waals surface area contributed by atoms with E-state index in [0.717, 1.165) is 17.7 Å². The lowest BCUT2D eigenvalue weighted by molar-refractivity contribution is 0.106. The van der Waals surface area contributed by atoms with Crippen molar-refractivity contribution in [1.82, 2.24) is 9.97 Å². The van der Waals surface area contributed by atoms with Crippen LogP contribution in [0.2, 0.25) is 5.28 Å². The van der Waals surface area contributed by atoms with Gasteiger partial charge in [0.2, 0.25) is 11.2 Å². The predicted octanol–water partition coefficient (Wildman–Crippen LogP) is 1.21. The largest absolute Gasteiger partial charge is 0.481 e. The van der Waals surface area contributed by atoms with Gasteiger partial charge in [0.15, 0.2) is 0 Å². The zero-order valence-electron chi connectivity index (χ0n) is 7.21. The molecular formula is C8H9ClN2O2. The molecule has 0 atom stereocenters. The van der Waals surface area contributed by atoms with Gasteiger partial charge < -0.3 is 9.47 Å². The second-order valence-corrected chi connectivity index (χ2v) is 3.07. The smallest absolute Gasteiger partial charge is 0.225 e. The van der Waals surface area contributed by atoms with Gasteiger partial charge in [-0.15, -0.1) is 0 Å². The molecule has 0 bridgehead atoms. The fourth-order valence-corrected chi connectivity index (χ4v) is 1.52. The van der Waals surface area contributed by atoms with Gasteiger partial charge in [-0.1, -0.05) is 0 Å². The summed E-state index contributed by atoms with van der Waals surface area (Å²) < 4.78 is 10.4. The Bertz CT molecular complexity index is 313. The van der Waals surface area contributed by atoms with Crippen LogP contribution in [0.1, 0.15) is 11.3 Å². The molecule has 0 aromatic carbocycles. The monoisotopic (exact) mass is 200 g/mol. The molecule has 1 aromatic rings. The number of halogens is 1. The Morgan fingerprint density at radius 2 is 2.31 bits per heavy atom. The van der Waals surface area contributed by atoms with E-state index >= 15 is 0 Å². The number of hydrogen-bond acceptors (Lipinski definition) is 4. The van der Waals surface area contributed by atoms with Gasteiger partial charge >= 0.3 is 0 Å². The lowest BCUT2D eigenvalue weighted by Gasteiger charge is -2.17. The quantitative estimate of drug-likeness (QED) is 0.640. The van der Waals surface area contributed by atoms with Crippen molar-refractivity contribution in [2.75, 3.05) is 13.7 Å². The molecular weight excluding hydrogens is 192 g/mol. The van der Waals surface area contributed by atoms with Gasteiger partial charge in [0.25, 0.3) is 0 Å². The highest BCUT2D eigenvalue weighted by atomic mass is 35.5. The molecule has 0 unspecified atom stereocenters. The maximum absolute atomic E-state index is 5.72. The number of hydrogen-bond donors (Lipinski definition) is 0. The van der Waals surface area contributed by atoms with Crippen LogP contribution < -0.4 is 4.74 Å². The molecule has 70 valence electrons. The highest BCUT2D eigenvalue weighted by molar-refractivity contribution is 6.28. The Morgan fingerprint density at radius 1 is 1.46 bits per heavy atom. The summed E-state index contributed by atoms with van der Waals surface area (Å²) in [5, 5.41) is 0.234. The summed E-state index contributed by atoms with van der Waals surface area (Å²) in [6.07, 6.45) is 0.772. The van der Waals surface area contributed by atoms with Gasteiger partial charge in [-0.05, 0) is 11.6 Å². The molecule has 0 aliphatic carbocycles. The van der Waals surface area contributed by atoms with Gasteiger partial charge in [0, 0.05) is 6.42 Å². The summed E-state index contributed by atoms with van der Waals surface area (Å²) >= 11 is 5.72. The lowest BCUT2D eigenvalue weighted by Crippen LogP contribution is -2.14. The van der Waals surface area contributed by atoms with Crippen LogP contribution in [0.5, 0.6) is 5.88 Å². The molecule has 5 heteroatoms. The Morgan fingerprint density at radius 3 is 3.08 bits per heavy atom. The normalized spacial score (nSPS) is 15.2. The third-order valence-corrected chi connectivity index (χ3v) is 2.12. The van der Waals surface area contributed by atoms with Gasteiger partial charge in [0.05, 0.1) is 31.6 Å². The predicted molar refractivity (Wildman–Crippen MR) is 47.0 cm³/mol. The molecule has 0 fully saturated rings. The Kier molecular flexibility index (Phi) is 2.33. The summed E-state index contributed by atoms with van der Waals surface area (Å²) in [5.74, 6) is 0.523. The molecule has 0 radical (unpaired) electrons. The summed E-state index contributed by atoms with van der Waals surface area (Å²) in [5.41, 5.74) is 1.85.